The fourth-order valence-corrected chi connectivity index (χ4v) is 2.78. The Morgan fingerprint density at radius 1 is 1.12 bits per heavy atom. The van der Waals surface area contributed by atoms with Crippen LogP contribution in [0.25, 0.3) is 0 Å². The van der Waals surface area contributed by atoms with E-state index in [1.165, 1.54) is 13.3 Å². The van der Waals surface area contributed by atoms with Gasteiger partial charge in [0, 0.05) is 11.6 Å². The molecule has 6 nitrogen and oxygen atoms in total. The number of Topliss-reactive ketones (excluding diaryl/α,β-unsaturated/α-hetero) is 1. The lowest BCUT2D eigenvalue weighted by Crippen LogP contribution is -2.43. The Kier molecular flexibility index (Phi) is 6.98. The van der Waals surface area contributed by atoms with E-state index >= 15 is 0 Å². The van der Waals surface area contributed by atoms with Crippen LogP contribution in [0, 0.1) is 0 Å². The van der Waals surface area contributed by atoms with Gasteiger partial charge in [-0.15, -0.1) is 0 Å². The maximum Gasteiger partial charge on any atom is 0.344 e. The molecule has 0 aromatic heterocycles. The highest BCUT2D eigenvalue weighted by molar-refractivity contribution is 5.94. The molecule has 1 aliphatic carbocycles. The average molecular weight is 347 g/mol. The highest BCUT2D eigenvalue weighted by Gasteiger charge is 2.22. The molecule has 0 aliphatic heterocycles. The van der Waals surface area contributed by atoms with Crippen LogP contribution in [0.3, 0.4) is 0 Å². The Morgan fingerprint density at radius 2 is 1.76 bits per heavy atom. The predicted molar refractivity (Wildman–Crippen MR) is 92.5 cm³/mol. The van der Waals surface area contributed by atoms with Gasteiger partial charge in [0.2, 0.25) is 0 Å². The number of hydrogen-bond donors (Lipinski definition) is 1. The van der Waals surface area contributed by atoms with E-state index in [2.05, 4.69) is 5.32 Å². The van der Waals surface area contributed by atoms with Crippen molar-refractivity contribution in [3.05, 3.63) is 29.8 Å². The van der Waals surface area contributed by atoms with Crippen LogP contribution in [0.1, 0.15) is 56.3 Å². The largest absolute Gasteiger partial charge is 0.482 e. The molecular weight excluding hydrogens is 322 g/mol. The summed E-state index contributed by atoms with van der Waals surface area (Å²) in [5, 5.41) is 2.93. The molecule has 0 bridgehead atoms. The Balaban J connectivity index is 1.73. The van der Waals surface area contributed by atoms with Crippen molar-refractivity contribution in [2.24, 2.45) is 0 Å². The molecule has 1 atom stereocenters. The van der Waals surface area contributed by atoms with E-state index in [-0.39, 0.29) is 24.3 Å². The number of hydrogen-bond acceptors (Lipinski definition) is 5. The second-order valence-corrected chi connectivity index (χ2v) is 6.34. The molecule has 1 aliphatic rings. The number of nitrogens with one attached hydrogen (secondary N) is 1. The van der Waals surface area contributed by atoms with Gasteiger partial charge in [-0.25, -0.2) is 4.79 Å². The second kappa shape index (κ2) is 9.20. The highest BCUT2D eigenvalue weighted by Crippen LogP contribution is 2.17. The van der Waals surface area contributed by atoms with Gasteiger partial charge >= 0.3 is 5.97 Å². The Morgan fingerprint density at radius 3 is 2.36 bits per heavy atom. The van der Waals surface area contributed by atoms with Crippen LogP contribution in [-0.2, 0) is 14.3 Å². The van der Waals surface area contributed by atoms with Crippen molar-refractivity contribution in [2.75, 3.05) is 6.61 Å². The number of ether oxygens (including phenoxy) is 2. The second-order valence-electron chi connectivity index (χ2n) is 6.34. The average Bonchev–Trinajstić information content (AvgIpc) is 2.61. The molecule has 0 unspecified atom stereocenters. The van der Waals surface area contributed by atoms with Crippen molar-refractivity contribution in [3.8, 4) is 5.75 Å². The molecular formula is C19H25NO5. The molecule has 136 valence electrons. The monoisotopic (exact) mass is 347 g/mol. The molecule has 6 heteroatoms. The van der Waals surface area contributed by atoms with Crippen LogP contribution in [0.4, 0.5) is 0 Å². The van der Waals surface area contributed by atoms with Crippen molar-refractivity contribution < 1.29 is 23.9 Å². The van der Waals surface area contributed by atoms with Gasteiger partial charge in [-0.05, 0) is 51.0 Å². The summed E-state index contributed by atoms with van der Waals surface area (Å²) < 4.78 is 10.4. The van der Waals surface area contributed by atoms with Crippen LogP contribution < -0.4 is 10.1 Å². The lowest BCUT2D eigenvalue weighted by Gasteiger charge is -2.24. The minimum Gasteiger partial charge on any atom is -0.482 e. The zero-order chi connectivity index (χ0) is 18.2. The van der Waals surface area contributed by atoms with Crippen molar-refractivity contribution in [1.29, 1.82) is 0 Å². The zero-order valence-corrected chi connectivity index (χ0v) is 14.7. The third-order valence-electron chi connectivity index (χ3n) is 4.25. The van der Waals surface area contributed by atoms with Gasteiger partial charge in [0.1, 0.15) is 5.75 Å². The lowest BCUT2D eigenvalue weighted by molar-refractivity contribution is -0.156. The molecule has 1 saturated carbocycles. The van der Waals surface area contributed by atoms with E-state index < -0.39 is 12.1 Å². The molecule has 1 aromatic rings. The van der Waals surface area contributed by atoms with Crippen LogP contribution in [0.2, 0.25) is 0 Å². The summed E-state index contributed by atoms with van der Waals surface area (Å²) in [6.07, 6.45) is 4.56. The van der Waals surface area contributed by atoms with E-state index in [9.17, 15) is 14.4 Å². The summed E-state index contributed by atoms with van der Waals surface area (Å²) in [5.41, 5.74) is 0.572. The SMILES string of the molecule is CC(=O)c1ccc(OCC(=O)O[C@@H](C)C(=O)NC2CCCCC2)cc1. The molecule has 0 radical (unpaired) electrons. The van der Waals surface area contributed by atoms with Crippen LogP contribution >= 0.6 is 0 Å². The summed E-state index contributed by atoms with van der Waals surface area (Å²) in [7, 11) is 0. The van der Waals surface area contributed by atoms with Gasteiger partial charge in [-0.3, -0.25) is 9.59 Å². The molecule has 2 rings (SSSR count). The summed E-state index contributed by atoms with van der Waals surface area (Å²) in [6.45, 7) is 2.74. The van der Waals surface area contributed by atoms with Gasteiger partial charge < -0.3 is 14.8 Å². The minimum atomic E-state index is -0.849. The molecule has 1 aromatic carbocycles. The lowest BCUT2D eigenvalue weighted by atomic mass is 9.95. The van der Waals surface area contributed by atoms with Gasteiger partial charge in [-0.2, -0.15) is 0 Å². The number of carbonyl (C=O) groups excluding carboxylic acids is 3. The first kappa shape index (κ1) is 19.0. The van der Waals surface area contributed by atoms with E-state index in [0.717, 1.165) is 25.7 Å². The van der Waals surface area contributed by atoms with Crippen molar-refractivity contribution in [1.82, 2.24) is 5.32 Å². The zero-order valence-electron chi connectivity index (χ0n) is 14.7. The quantitative estimate of drug-likeness (QED) is 0.606. The normalized spacial score (nSPS) is 15.9. The molecule has 0 heterocycles. The summed E-state index contributed by atoms with van der Waals surface area (Å²) in [5.74, 6) is -0.460. The fraction of sp³-hybridized carbons (Fsp3) is 0.526. The van der Waals surface area contributed by atoms with E-state index in [1.54, 1.807) is 31.2 Å². The van der Waals surface area contributed by atoms with Gasteiger partial charge in [-0.1, -0.05) is 19.3 Å². The number of esters is 1. The van der Waals surface area contributed by atoms with E-state index in [1.807, 2.05) is 0 Å². The summed E-state index contributed by atoms with van der Waals surface area (Å²) in [4.78, 5) is 35.1. The van der Waals surface area contributed by atoms with Crippen molar-refractivity contribution >= 4 is 17.7 Å². The maximum absolute atomic E-state index is 12.1. The number of benzene rings is 1. The number of amides is 1. The highest BCUT2D eigenvalue weighted by atomic mass is 16.6. The Bertz CT molecular complexity index is 605. The number of carbonyl (C=O) groups is 3. The van der Waals surface area contributed by atoms with Crippen molar-refractivity contribution in [2.45, 2.75) is 58.1 Å². The van der Waals surface area contributed by atoms with Crippen molar-refractivity contribution in [3.63, 3.8) is 0 Å². The molecule has 1 amide bonds. The van der Waals surface area contributed by atoms with Gasteiger partial charge in [0.05, 0.1) is 0 Å². The third-order valence-corrected chi connectivity index (χ3v) is 4.25. The first-order valence-corrected chi connectivity index (χ1v) is 8.69. The van der Waals surface area contributed by atoms with Gasteiger partial charge in [0.25, 0.3) is 5.91 Å². The van der Waals surface area contributed by atoms with Crippen LogP contribution in [0.15, 0.2) is 24.3 Å². The van der Waals surface area contributed by atoms with E-state index in [4.69, 9.17) is 9.47 Å². The van der Waals surface area contributed by atoms with Gasteiger partial charge in [0.15, 0.2) is 18.5 Å². The number of rotatable bonds is 7. The first-order valence-electron chi connectivity index (χ1n) is 8.69. The fourth-order valence-electron chi connectivity index (χ4n) is 2.78. The number of ketones is 1. The van der Waals surface area contributed by atoms with Crippen LogP contribution in [-0.4, -0.2) is 36.4 Å². The summed E-state index contributed by atoms with van der Waals surface area (Å²) in [6, 6.07) is 6.66. The molecule has 1 fully saturated rings. The van der Waals surface area contributed by atoms with Crippen LogP contribution in [0.5, 0.6) is 5.75 Å². The first-order chi connectivity index (χ1) is 12.0. The smallest absolute Gasteiger partial charge is 0.344 e. The third kappa shape index (κ3) is 6.21. The molecule has 0 saturated heterocycles. The molecule has 25 heavy (non-hydrogen) atoms. The predicted octanol–water partition coefficient (Wildman–Crippen LogP) is 2.65. The standard InChI is InChI=1S/C19H25NO5/c1-13(21)15-8-10-17(11-9-15)24-12-18(22)25-14(2)19(23)20-16-6-4-3-5-7-16/h8-11,14,16H,3-7,12H2,1-2H3,(H,20,23)/t14-/m0/s1. The Hall–Kier alpha value is -2.37. The molecule has 1 N–H and O–H groups in total. The summed E-state index contributed by atoms with van der Waals surface area (Å²) >= 11 is 0. The maximum atomic E-state index is 12.1. The minimum absolute atomic E-state index is 0.0382. The molecule has 0 spiro atoms. The van der Waals surface area contributed by atoms with E-state index in [0.29, 0.717) is 11.3 Å². The Labute approximate surface area is 147 Å². The topological polar surface area (TPSA) is 81.7 Å².